The second-order valence-electron chi connectivity index (χ2n) is 7.03. The van der Waals surface area contributed by atoms with E-state index in [4.69, 9.17) is 16.3 Å². The van der Waals surface area contributed by atoms with E-state index in [-0.39, 0.29) is 39.2 Å². The van der Waals surface area contributed by atoms with Crippen LogP contribution in [0.5, 0.6) is 0 Å². The first kappa shape index (κ1) is 24.9. The van der Waals surface area contributed by atoms with Crippen molar-refractivity contribution in [2.24, 2.45) is 0 Å². The van der Waals surface area contributed by atoms with Crippen molar-refractivity contribution in [3.63, 3.8) is 0 Å². The lowest BCUT2D eigenvalue weighted by atomic mass is 10.1. The van der Waals surface area contributed by atoms with Crippen molar-refractivity contribution in [1.29, 1.82) is 0 Å². The third-order valence-electron chi connectivity index (χ3n) is 4.76. The molecule has 1 aromatic heterocycles. The molecule has 9 nitrogen and oxygen atoms in total. The molecule has 34 heavy (non-hydrogen) atoms. The van der Waals surface area contributed by atoms with Crippen LogP contribution in [0.1, 0.15) is 48.4 Å². The zero-order valence-corrected chi connectivity index (χ0v) is 19.8. The van der Waals surface area contributed by atoms with E-state index in [0.29, 0.717) is 5.56 Å². The molecule has 0 aliphatic heterocycles. The van der Waals surface area contributed by atoms with E-state index in [2.05, 4.69) is 10.6 Å². The minimum Gasteiger partial charge on any atom is -0.462 e. The van der Waals surface area contributed by atoms with Crippen LogP contribution in [-0.4, -0.2) is 29.3 Å². The summed E-state index contributed by atoms with van der Waals surface area (Å²) in [7, 11) is 0. The number of thiophene rings is 1. The molecule has 0 aliphatic rings. The number of carbonyl (C=O) groups excluding carboxylic acids is 3. The Morgan fingerprint density at radius 1 is 1.12 bits per heavy atom. The average molecular weight is 502 g/mol. The first-order chi connectivity index (χ1) is 16.2. The molecular weight excluding hydrogens is 482 g/mol. The van der Waals surface area contributed by atoms with Crippen LogP contribution in [0.15, 0.2) is 48.5 Å². The molecule has 0 fully saturated rings. The minimum absolute atomic E-state index is 0.0351. The Bertz CT molecular complexity index is 1260. The third kappa shape index (κ3) is 5.59. The maximum Gasteiger partial charge on any atom is 0.341 e. The molecule has 0 spiro atoms. The normalized spacial score (nSPS) is 10.4. The van der Waals surface area contributed by atoms with E-state index in [1.165, 1.54) is 12.1 Å². The minimum atomic E-state index is -0.706. The Morgan fingerprint density at radius 3 is 2.47 bits per heavy atom. The molecule has 1 heterocycles. The Kier molecular flexibility index (Phi) is 7.98. The molecule has 2 amide bonds. The van der Waals surface area contributed by atoms with Crippen LogP contribution < -0.4 is 10.6 Å². The van der Waals surface area contributed by atoms with Crippen molar-refractivity contribution in [3.05, 3.63) is 90.8 Å². The molecule has 3 rings (SSSR count). The number of rotatable bonds is 8. The lowest BCUT2D eigenvalue weighted by molar-refractivity contribution is -0.384. The first-order valence-corrected chi connectivity index (χ1v) is 11.3. The third-order valence-corrected chi connectivity index (χ3v) is 6.29. The fourth-order valence-corrected chi connectivity index (χ4v) is 4.39. The van der Waals surface area contributed by atoms with E-state index in [1.807, 2.05) is 30.3 Å². The van der Waals surface area contributed by atoms with Crippen LogP contribution in [0.4, 0.5) is 10.7 Å². The second kappa shape index (κ2) is 10.9. The molecule has 2 aromatic carbocycles. The van der Waals surface area contributed by atoms with Gasteiger partial charge in [-0.25, -0.2) is 4.79 Å². The van der Waals surface area contributed by atoms with Crippen molar-refractivity contribution in [2.45, 2.75) is 20.4 Å². The van der Waals surface area contributed by atoms with Gasteiger partial charge in [0.2, 0.25) is 0 Å². The van der Waals surface area contributed by atoms with Crippen LogP contribution >= 0.6 is 22.9 Å². The molecule has 0 aliphatic carbocycles. The molecule has 0 saturated carbocycles. The number of anilines is 1. The molecule has 2 N–H and O–H groups in total. The number of hydrogen-bond acceptors (Lipinski definition) is 7. The summed E-state index contributed by atoms with van der Waals surface area (Å²) in [6.07, 6.45) is 0. The molecule has 0 radical (unpaired) electrons. The Hall–Kier alpha value is -3.76. The van der Waals surface area contributed by atoms with Crippen molar-refractivity contribution in [2.75, 3.05) is 11.9 Å². The second-order valence-corrected chi connectivity index (χ2v) is 8.45. The first-order valence-electron chi connectivity index (χ1n) is 10.1. The number of nitrogens with one attached hydrogen (secondary N) is 2. The molecule has 0 atom stereocenters. The molecular formula is C23H20ClN3O6S. The predicted molar refractivity (Wildman–Crippen MR) is 129 cm³/mol. The van der Waals surface area contributed by atoms with Gasteiger partial charge < -0.3 is 15.4 Å². The number of nitro groups is 1. The van der Waals surface area contributed by atoms with Crippen LogP contribution in [-0.2, 0) is 11.3 Å². The van der Waals surface area contributed by atoms with Crippen molar-refractivity contribution >= 4 is 51.4 Å². The van der Waals surface area contributed by atoms with Gasteiger partial charge in [0, 0.05) is 18.2 Å². The number of benzene rings is 2. The van der Waals surface area contributed by atoms with Gasteiger partial charge >= 0.3 is 5.97 Å². The Morgan fingerprint density at radius 2 is 1.82 bits per heavy atom. The van der Waals surface area contributed by atoms with Crippen LogP contribution in [0.3, 0.4) is 0 Å². The highest BCUT2D eigenvalue weighted by Gasteiger charge is 2.27. The molecule has 11 heteroatoms. The summed E-state index contributed by atoms with van der Waals surface area (Å²) in [6, 6.07) is 12.9. The maximum atomic E-state index is 12.8. The van der Waals surface area contributed by atoms with Gasteiger partial charge in [0.05, 0.1) is 22.0 Å². The largest absolute Gasteiger partial charge is 0.462 e. The number of hydrogen-bond donors (Lipinski definition) is 2. The summed E-state index contributed by atoms with van der Waals surface area (Å²) in [5.74, 6) is -1.82. The Labute approximate surface area is 203 Å². The van der Waals surface area contributed by atoms with Gasteiger partial charge in [0.15, 0.2) is 0 Å². The summed E-state index contributed by atoms with van der Waals surface area (Å²) in [5, 5.41) is 16.5. The van der Waals surface area contributed by atoms with Crippen molar-refractivity contribution in [1.82, 2.24) is 5.32 Å². The number of ether oxygens (including phenoxy) is 1. The van der Waals surface area contributed by atoms with Gasteiger partial charge in [-0.3, -0.25) is 19.7 Å². The van der Waals surface area contributed by atoms with Gasteiger partial charge in [-0.1, -0.05) is 41.9 Å². The van der Waals surface area contributed by atoms with E-state index in [0.717, 1.165) is 23.0 Å². The van der Waals surface area contributed by atoms with Gasteiger partial charge in [0.1, 0.15) is 10.0 Å². The molecule has 0 saturated heterocycles. The highest BCUT2D eigenvalue weighted by Crippen LogP contribution is 2.34. The van der Waals surface area contributed by atoms with Crippen molar-refractivity contribution < 1.29 is 24.0 Å². The topological polar surface area (TPSA) is 128 Å². The molecule has 3 aromatic rings. The van der Waals surface area contributed by atoms with Crippen molar-refractivity contribution in [3.8, 4) is 0 Å². The fourth-order valence-electron chi connectivity index (χ4n) is 3.09. The number of carbonyl (C=O) groups is 3. The average Bonchev–Trinajstić information content (AvgIpc) is 3.14. The number of nitrogens with zero attached hydrogens (tertiary/aromatic N) is 1. The number of halogens is 1. The van der Waals surface area contributed by atoms with Gasteiger partial charge in [0.25, 0.3) is 17.5 Å². The maximum absolute atomic E-state index is 12.8. The molecule has 0 bridgehead atoms. The highest BCUT2D eigenvalue weighted by molar-refractivity contribution is 7.18. The van der Waals surface area contributed by atoms with Gasteiger partial charge in [-0.2, -0.15) is 0 Å². The summed E-state index contributed by atoms with van der Waals surface area (Å²) in [6.45, 7) is 3.60. The molecule has 176 valence electrons. The lowest BCUT2D eigenvalue weighted by Crippen LogP contribution is -2.22. The summed E-state index contributed by atoms with van der Waals surface area (Å²) < 4.78 is 5.10. The summed E-state index contributed by atoms with van der Waals surface area (Å²) in [5.41, 5.74) is 0.837. The standard InChI is InChI=1S/C23H20ClN3O6S/c1-3-33-23(30)18-13(2)19(21(29)25-12-14-7-5-4-6-8-14)34-22(18)26-20(28)15-9-10-16(24)17(11-15)27(31)32/h4-11H,3,12H2,1-2H3,(H,25,29)(H,26,28). The SMILES string of the molecule is CCOC(=O)c1c(NC(=O)c2ccc(Cl)c([N+](=O)[O-])c2)sc(C(=O)NCc2ccccc2)c1C. The number of amides is 2. The zero-order chi connectivity index (χ0) is 24.8. The Balaban J connectivity index is 1.90. The van der Waals surface area contributed by atoms with E-state index < -0.39 is 28.4 Å². The highest BCUT2D eigenvalue weighted by atomic mass is 35.5. The quantitative estimate of drug-likeness (QED) is 0.254. The van der Waals surface area contributed by atoms with Crippen LogP contribution in [0.25, 0.3) is 0 Å². The van der Waals surface area contributed by atoms with E-state index in [1.54, 1.807) is 13.8 Å². The summed E-state index contributed by atoms with van der Waals surface area (Å²) >= 11 is 6.73. The van der Waals surface area contributed by atoms with Crippen LogP contribution in [0.2, 0.25) is 5.02 Å². The monoisotopic (exact) mass is 501 g/mol. The summed E-state index contributed by atoms with van der Waals surface area (Å²) in [4.78, 5) is 48.9. The van der Waals surface area contributed by atoms with E-state index >= 15 is 0 Å². The van der Waals surface area contributed by atoms with Crippen LogP contribution in [0, 0.1) is 17.0 Å². The predicted octanol–water partition coefficient (Wildman–Crippen LogP) is 4.98. The fraction of sp³-hybridized carbons (Fsp3) is 0.174. The molecule has 0 unspecified atom stereocenters. The van der Waals surface area contributed by atoms with E-state index in [9.17, 15) is 24.5 Å². The van der Waals surface area contributed by atoms with Gasteiger partial charge in [-0.15, -0.1) is 11.3 Å². The zero-order valence-electron chi connectivity index (χ0n) is 18.2. The van der Waals surface area contributed by atoms with Gasteiger partial charge in [-0.05, 0) is 37.1 Å². The number of esters is 1. The number of nitro benzene ring substituents is 1. The smallest absolute Gasteiger partial charge is 0.341 e. The lowest BCUT2D eigenvalue weighted by Gasteiger charge is -2.07.